The van der Waals surface area contributed by atoms with Crippen molar-refractivity contribution in [2.24, 2.45) is 0 Å². The van der Waals surface area contributed by atoms with Gasteiger partial charge in [0.2, 0.25) is 0 Å². The van der Waals surface area contributed by atoms with Crippen molar-refractivity contribution in [3.05, 3.63) is 138 Å². The maximum atomic E-state index is 15.1. The zero-order chi connectivity index (χ0) is 27.2. The largest absolute Gasteiger partial charge is 0.455 e. The van der Waals surface area contributed by atoms with Crippen molar-refractivity contribution < 1.29 is 9.13 Å². The number of ether oxygens (including phenoxy) is 1. The summed E-state index contributed by atoms with van der Waals surface area (Å²) >= 11 is 0. The van der Waals surface area contributed by atoms with E-state index in [1.54, 1.807) is 11.2 Å². The zero-order valence-corrected chi connectivity index (χ0v) is 22.2. The highest BCUT2D eigenvalue weighted by Gasteiger charge is 2.19. The zero-order valence-electron chi connectivity index (χ0n) is 22.2. The Morgan fingerprint density at radius 3 is 1.97 bits per heavy atom. The van der Waals surface area contributed by atoms with E-state index in [1.165, 1.54) is 6.07 Å². The summed E-state index contributed by atoms with van der Waals surface area (Å²) in [5.41, 5.74) is 13.3. The minimum Gasteiger partial charge on any atom is -0.455 e. The molecule has 0 saturated carbocycles. The molecular formula is C33H31FN4O. The number of aryl methyl sites for hydroxylation is 3. The first-order chi connectivity index (χ1) is 19.0. The van der Waals surface area contributed by atoms with Crippen molar-refractivity contribution in [2.75, 3.05) is 21.3 Å². The van der Waals surface area contributed by atoms with Gasteiger partial charge in [0.1, 0.15) is 22.9 Å². The van der Waals surface area contributed by atoms with Crippen molar-refractivity contribution in [1.82, 2.24) is 0 Å². The van der Waals surface area contributed by atoms with E-state index in [9.17, 15) is 0 Å². The van der Waals surface area contributed by atoms with Crippen LogP contribution in [0.3, 0.4) is 0 Å². The van der Waals surface area contributed by atoms with Crippen LogP contribution in [0.2, 0.25) is 0 Å². The van der Waals surface area contributed by atoms with Crippen LogP contribution in [0.25, 0.3) is 0 Å². The Labute approximate surface area is 228 Å². The molecule has 0 unspecified atom stereocenters. The second kappa shape index (κ2) is 11.6. The average Bonchev–Trinajstić information content (AvgIpc) is 2.93. The van der Waals surface area contributed by atoms with Crippen molar-refractivity contribution in [1.29, 1.82) is 0 Å². The first-order valence-electron chi connectivity index (χ1n) is 12.8. The van der Waals surface area contributed by atoms with Crippen molar-refractivity contribution in [2.45, 2.75) is 20.8 Å². The van der Waals surface area contributed by atoms with Gasteiger partial charge in [0, 0.05) is 5.69 Å². The van der Waals surface area contributed by atoms with Crippen LogP contribution in [0.5, 0.6) is 11.5 Å². The molecule has 5 rings (SSSR count). The number of hydrazine groups is 2. The lowest BCUT2D eigenvalue weighted by atomic mass is 10.1. The molecule has 0 radical (unpaired) electrons. The van der Waals surface area contributed by atoms with Gasteiger partial charge in [-0.2, -0.15) is 5.12 Å². The fraction of sp³-hybridized carbons (Fsp3) is 0.0909. The molecule has 3 N–H and O–H groups in total. The third-order valence-corrected chi connectivity index (χ3v) is 6.23. The van der Waals surface area contributed by atoms with Crippen LogP contribution in [0.1, 0.15) is 16.7 Å². The summed E-state index contributed by atoms with van der Waals surface area (Å²) < 4.78 is 21.4. The normalized spacial score (nSPS) is 10.6. The predicted octanol–water partition coefficient (Wildman–Crippen LogP) is 9.15. The van der Waals surface area contributed by atoms with Gasteiger partial charge in [0.15, 0.2) is 5.75 Å². The molecule has 0 heterocycles. The van der Waals surface area contributed by atoms with Crippen LogP contribution >= 0.6 is 0 Å². The van der Waals surface area contributed by atoms with Crippen LogP contribution in [0.15, 0.2) is 115 Å². The van der Waals surface area contributed by atoms with Crippen molar-refractivity contribution >= 4 is 28.4 Å². The van der Waals surface area contributed by atoms with E-state index in [-0.39, 0.29) is 5.82 Å². The highest BCUT2D eigenvalue weighted by Crippen LogP contribution is 2.40. The van der Waals surface area contributed by atoms with Gasteiger partial charge in [-0.25, -0.2) is 4.39 Å². The van der Waals surface area contributed by atoms with Crippen LogP contribution in [0, 0.1) is 26.6 Å². The molecule has 0 bridgehead atoms. The van der Waals surface area contributed by atoms with E-state index in [4.69, 9.17) is 4.74 Å². The summed E-state index contributed by atoms with van der Waals surface area (Å²) in [5.74, 6) is 0.968. The molecule has 0 amide bonds. The van der Waals surface area contributed by atoms with E-state index in [0.717, 1.165) is 28.1 Å². The van der Waals surface area contributed by atoms with E-state index in [0.29, 0.717) is 28.6 Å². The molecule has 0 spiro atoms. The smallest absolute Gasteiger partial charge is 0.153 e. The quantitative estimate of drug-likeness (QED) is 0.170. The maximum Gasteiger partial charge on any atom is 0.153 e. The first-order valence-corrected chi connectivity index (χ1v) is 12.8. The fourth-order valence-corrected chi connectivity index (χ4v) is 4.24. The SMILES string of the molecule is Cc1ccc(NN(Nc2ccc(C)cc2F)c2cccc(Oc3ccccc3)c2Nc2ccccc2)c(C)c1. The molecule has 5 aromatic carbocycles. The second-order valence-electron chi connectivity index (χ2n) is 9.42. The molecule has 5 nitrogen and oxygen atoms in total. The Morgan fingerprint density at radius 1 is 0.641 bits per heavy atom. The summed E-state index contributed by atoms with van der Waals surface area (Å²) in [7, 11) is 0. The number of nitrogens with zero attached hydrogens (tertiary/aromatic N) is 1. The number of nitrogens with one attached hydrogen (secondary N) is 3. The molecule has 5 aromatic rings. The number of rotatable bonds is 9. The Morgan fingerprint density at radius 2 is 1.28 bits per heavy atom. The topological polar surface area (TPSA) is 48.6 Å². The molecule has 0 aliphatic rings. The number of hydrogen-bond acceptors (Lipinski definition) is 5. The molecule has 6 heteroatoms. The first kappa shape index (κ1) is 25.7. The second-order valence-corrected chi connectivity index (χ2v) is 9.42. The molecule has 0 atom stereocenters. The Balaban J connectivity index is 1.62. The molecule has 0 aliphatic carbocycles. The van der Waals surface area contributed by atoms with Crippen molar-refractivity contribution in [3.63, 3.8) is 0 Å². The van der Waals surface area contributed by atoms with Gasteiger partial charge in [-0.15, -0.1) is 0 Å². The average molecular weight is 519 g/mol. The number of anilines is 5. The predicted molar refractivity (Wildman–Crippen MR) is 159 cm³/mol. The minimum atomic E-state index is -0.350. The van der Waals surface area contributed by atoms with Crippen LogP contribution in [-0.4, -0.2) is 0 Å². The summed E-state index contributed by atoms with van der Waals surface area (Å²) in [5, 5.41) is 5.24. The van der Waals surface area contributed by atoms with E-state index < -0.39 is 0 Å². The minimum absolute atomic E-state index is 0.331. The molecule has 39 heavy (non-hydrogen) atoms. The molecule has 0 fully saturated rings. The van der Waals surface area contributed by atoms with E-state index >= 15 is 4.39 Å². The molecule has 196 valence electrons. The molecule has 0 saturated heterocycles. The highest BCUT2D eigenvalue weighted by atomic mass is 19.1. The lowest BCUT2D eigenvalue weighted by molar-refractivity contribution is 0.485. The van der Waals surface area contributed by atoms with E-state index in [2.05, 4.69) is 29.2 Å². The van der Waals surface area contributed by atoms with Crippen LogP contribution in [0.4, 0.5) is 32.8 Å². The third-order valence-electron chi connectivity index (χ3n) is 6.23. The summed E-state index contributed by atoms with van der Waals surface area (Å²) in [6, 6.07) is 36.5. The molecule has 0 aromatic heterocycles. The summed E-state index contributed by atoms with van der Waals surface area (Å²) in [4.78, 5) is 0. The standard InChI is InChI=1S/C33H31FN4O/c1-23-17-19-29(25(3)21-23)36-38(37-30-20-18-24(2)22-28(30)34)31-15-10-16-32(39-27-13-8-5-9-14-27)33(31)35-26-11-6-4-7-12-26/h4-22,35-37H,1-3H3. The Bertz CT molecular complexity index is 1500. The van der Waals surface area contributed by atoms with Crippen molar-refractivity contribution in [3.8, 4) is 11.5 Å². The Kier molecular flexibility index (Phi) is 7.64. The Hall–Kier alpha value is -4.97. The lowest BCUT2D eigenvalue weighted by Gasteiger charge is -2.31. The van der Waals surface area contributed by atoms with Gasteiger partial charge in [-0.1, -0.05) is 66.2 Å². The maximum absolute atomic E-state index is 15.1. The number of hydrogen-bond donors (Lipinski definition) is 3. The van der Waals surface area contributed by atoms with Crippen LogP contribution in [-0.2, 0) is 0 Å². The fourth-order valence-electron chi connectivity index (χ4n) is 4.24. The number of para-hydroxylation sites is 3. The van der Waals surface area contributed by atoms with Gasteiger partial charge in [0.05, 0.1) is 11.4 Å². The monoisotopic (exact) mass is 518 g/mol. The van der Waals surface area contributed by atoms with E-state index in [1.807, 2.05) is 111 Å². The van der Waals surface area contributed by atoms with Gasteiger partial charge in [-0.05, 0) is 86.5 Å². The number of halogens is 1. The highest BCUT2D eigenvalue weighted by molar-refractivity contribution is 5.83. The van der Waals surface area contributed by atoms with Gasteiger partial charge in [-0.3, -0.25) is 10.9 Å². The lowest BCUT2D eigenvalue weighted by Crippen LogP contribution is -2.36. The molecule has 0 aliphatic heterocycles. The van der Waals surface area contributed by atoms with Gasteiger partial charge >= 0.3 is 0 Å². The van der Waals surface area contributed by atoms with Gasteiger partial charge in [0.25, 0.3) is 0 Å². The third kappa shape index (κ3) is 6.30. The van der Waals surface area contributed by atoms with Gasteiger partial charge < -0.3 is 10.1 Å². The summed E-state index contributed by atoms with van der Waals surface area (Å²) in [6.45, 7) is 5.96. The number of benzene rings is 5. The molecular weight excluding hydrogens is 487 g/mol. The summed E-state index contributed by atoms with van der Waals surface area (Å²) in [6.07, 6.45) is 0. The van der Waals surface area contributed by atoms with Crippen LogP contribution < -0.4 is 26.0 Å².